The van der Waals surface area contributed by atoms with Gasteiger partial charge in [0.25, 0.3) is 0 Å². The summed E-state index contributed by atoms with van der Waals surface area (Å²) in [7, 11) is 0. The van der Waals surface area contributed by atoms with Gasteiger partial charge in [-0.1, -0.05) is 13.8 Å². The first-order valence-electron chi connectivity index (χ1n) is 3.52. The molecule has 1 heterocycles. The topological polar surface area (TPSA) is 37.9 Å². The number of H-pyrrole nitrogens is 1. The Kier molecular flexibility index (Phi) is 3.16. The van der Waals surface area contributed by atoms with Crippen LogP contribution in [0.15, 0.2) is 6.07 Å². The summed E-state index contributed by atoms with van der Waals surface area (Å²) in [6.45, 7) is 4.94. The van der Waals surface area contributed by atoms with E-state index in [1.165, 1.54) is 0 Å². The van der Waals surface area contributed by atoms with Crippen molar-refractivity contribution in [2.24, 2.45) is 5.92 Å². The average molecular weight is 266 g/mol. The van der Waals surface area contributed by atoms with Gasteiger partial charge in [-0.2, -0.15) is 0 Å². The average Bonchev–Trinajstić information content (AvgIpc) is 2.31. The van der Waals surface area contributed by atoms with Crippen molar-refractivity contribution in [2.45, 2.75) is 13.8 Å². The van der Waals surface area contributed by atoms with Crippen LogP contribution in [0.5, 0.6) is 5.88 Å². The number of nitrogens with one attached hydrogen (secondary N) is 1. The van der Waals surface area contributed by atoms with E-state index in [4.69, 9.17) is 4.74 Å². The van der Waals surface area contributed by atoms with E-state index >= 15 is 0 Å². The molecule has 11 heavy (non-hydrogen) atoms. The van der Waals surface area contributed by atoms with Gasteiger partial charge in [0, 0.05) is 6.07 Å². The molecule has 0 saturated heterocycles. The van der Waals surface area contributed by atoms with Crippen molar-refractivity contribution in [3.8, 4) is 5.88 Å². The van der Waals surface area contributed by atoms with Gasteiger partial charge in [-0.05, 0) is 28.5 Å². The van der Waals surface area contributed by atoms with Gasteiger partial charge < -0.3 is 4.74 Å². The van der Waals surface area contributed by atoms with Crippen LogP contribution in [0.4, 0.5) is 0 Å². The smallest absolute Gasteiger partial charge is 0.233 e. The molecule has 0 fully saturated rings. The predicted octanol–water partition coefficient (Wildman–Crippen LogP) is 2.05. The molecule has 1 rings (SSSR count). The minimum atomic E-state index is 0.546. The number of rotatable bonds is 3. The molecule has 0 radical (unpaired) electrons. The first-order valence-corrected chi connectivity index (χ1v) is 4.60. The summed E-state index contributed by atoms with van der Waals surface area (Å²) in [5.74, 6) is 1.23. The van der Waals surface area contributed by atoms with Gasteiger partial charge in [-0.15, -0.1) is 5.10 Å². The van der Waals surface area contributed by atoms with Gasteiger partial charge in [-0.3, -0.25) is 5.10 Å². The van der Waals surface area contributed by atoms with Gasteiger partial charge >= 0.3 is 0 Å². The van der Waals surface area contributed by atoms with Crippen LogP contribution in [-0.2, 0) is 0 Å². The molecule has 3 nitrogen and oxygen atoms in total. The van der Waals surface area contributed by atoms with E-state index in [0.29, 0.717) is 11.8 Å². The number of ether oxygens (including phenoxy) is 1. The molecule has 1 N–H and O–H groups in total. The predicted molar refractivity (Wildman–Crippen MR) is 51.6 cm³/mol. The number of aromatic amines is 1. The summed E-state index contributed by atoms with van der Waals surface area (Å²) in [5.41, 5.74) is 0. The fraction of sp³-hybridized carbons (Fsp3) is 0.571. The second-order valence-electron chi connectivity index (χ2n) is 2.76. The Labute approximate surface area is 79.7 Å². The number of hydrogen-bond acceptors (Lipinski definition) is 2. The van der Waals surface area contributed by atoms with Crippen molar-refractivity contribution in [1.82, 2.24) is 10.2 Å². The van der Waals surface area contributed by atoms with Crippen molar-refractivity contribution in [3.63, 3.8) is 0 Å². The molecule has 0 amide bonds. The number of aromatic nitrogens is 2. The molecule has 0 aliphatic carbocycles. The van der Waals surface area contributed by atoms with Crippen LogP contribution in [0.3, 0.4) is 0 Å². The Morgan fingerprint density at radius 2 is 2.45 bits per heavy atom. The van der Waals surface area contributed by atoms with E-state index in [2.05, 4.69) is 46.6 Å². The first kappa shape index (κ1) is 8.83. The molecule has 4 heteroatoms. The van der Waals surface area contributed by atoms with Crippen molar-refractivity contribution in [1.29, 1.82) is 0 Å². The molecule has 0 spiro atoms. The third-order valence-electron chi connectivity index (χ3n) is 1.09. The molecule has 1 aromatic heterocycles. The first-order chi connectivity index (χ1) is 5.18. The van der Waals surface area contributed by atoms with Crippen LogP contribution < -0.4 is 4.74 Å². The largest absolute Gasteiger partial charge is 0.476 e. The summed E-state index contributed by atoms with van der Waals surface area (Å²) in [6.07, 6.45) is 0. The van der Waals surface area contributed by atoms with E-state index in [1.807, 2.05) is 6.07 Å². The summed E-state index contributed by atoms with van der Waals surface area (Å²) >= 11 is 2.16. The molecule has 0 unspecified atom stereocenters. The minimum absolute atomic E-state index is 0.546. The van der Waals surface area contributed by atoms with Crippen LogP contribution >= 0.6 is 22.6 Å². The Hall–Kier alpha value is -0.260. The molecule has 0 bridgehead atoms. The van der Waals surface area contributed by atoms with Crippen LogP contribution in [0.1, 0.15) is 13.8 Å². The van der Waals surface area contributed by atoms with Gasteiger partial charge in [0.15, 0.2) is 0 Å². The molecular weight excluding hydrogens is 255 g/mol. The number of hydrogen-bond donors (Lipinski definition) is 1. The molecule has 0 saturated carbocycles. The zero-order valence-corrected chi connectivity index (χ0v) is 8.75. The lowest BCUT2D eigenvalue weighted by atomic mass is 10.2. The van der Waals surface area contributed by atoms with Gasteiger partial charge in [-0.25, -0.2) is 0 Å². The maximum atomic E-state index is 5.34. The maximum Gasteiger partial charge on any atom is 0.233 e. The second-order valence-corrected chi connectivity index (χ2v) is 3.92. The van der Waals surface area contributed by atoms with Gasteiger partial charge in [0.05, 0.1) is 10.3 Å². The van der Waals surface area contributed by atoms with E-state index in [-0.39, 0.29) is 0 Å². The van der Waals surface area contributed by atoms with E-state index in [9.17, 15) is 0 Å². The van der Waals surface area contributed by atoms with Crippen molar-refractivity contribution in [2.75, 3.05) is 6.61 Å². The lowest BCUT2D eigenvalue weighted by Crippen LogP contribution is -2.04. The quantitative estimate of drug-likeness (QED) is 0.850. The fourth-order valence-corrected chi connectivity index (χ4v) is 0.994. The van der Waals surface area contributed by atoms with E-state index < -0.39 is 0 Å². The van der Waals surface area contributed by atoms with Crippen molar-refractivity contribution in [3.05, 3.63) is 9.77 Å². The highest BCUT2D eigenvalue weighted by Gasteiger charge is 1.99. The van der Waals surface area contributed by atoms with Crippen LogP contribution in [0, 0.1) is 9.62 Å². The molecular formula is C7H11IN2O. The SMILES string of the molecule is CC(C)COc1cc(I)[nH]n1. The summed E-state index contributed by atoms with van der Waals surface area (Å²) in [5, 5.41) is 6.74. The van der Waals surface area contributed by atoms with Gasteiger partial charge in [0.2, 0.25) is 5.88 Å². The number of halogens is 1. The maximum absolute atomic E-state index is 5.34. The monoisotopic (exact) mass is 266 g/mol. The zero-order valence-electron chi connectivity index (χ0n) is 6.60. The summed E-state index contributed by atoms with van der Waals surface area (Å²) in [4.78, 5) is 0. The highest BCUT2D eigenvalue weighted by atomic mass is 127. The molecule has 0 aliphatic rings. The molecule has 62 valence electrons. The Morgan fingerprint density at radius 1 is 1.73 bits per heavy atom. The van der Waals surface area contributed by atoms with Crippen LogP contribution in [0.2, 0.25) is 0 Å². The van der Waals surface area contributed by atoms with E-state index in [0.717, 1.165) is 10.3 Å². The molecule has 0 aromatic carbocycles. The molecule has 0 aliphatic heterocycles. The van der Waals surface area contributed by atoms with Crippen LogP contribution in [-0.4, -0.2) is 16.8 Å². The highest BCUT2D eigenvalue weighted by Crippen LogP contribution is 2.10. The minimum Gasteiger partial charge on any atom is -0.476 e. The van der Waals surface area contributed by atoms with Crippen LogP contribution in [0.25, 0.3) is 0 Å². The molecule has 0 atom stereocenters. The normalized spacial score (nSPS) is 10.5. The standard InChI is InChI=1S/C7H11IN2O/c1-5(2)4-11-7-3-6(8)9-10-7/h3,5H,4H2,1-2H3,(H,9,10). The zero-order chi connectivity index (χ0) is 8.27. The lowest BCUT2D eigenvalue weighted by molar-refractivity contribution is 0.261. The third-order valence-corrected chi connectivity index (χ3v) is 1.64. The third kappa shape index (κ3) is 3.09. The van der Waals surface area contributed by atoms with Crippen molar-refractivity contribution >= 4 is 22.6 Å². The Bertz CT molecular complexity index is 222. The fourth-order valence-electron chi connectivity index (χ4n) is 0.607. The second kappa shape index (κ2) is 3.94. The number of nitrogens with zero attached hydrogens (tertiary/aromatic N) is 1. The Morgan fingerprint density at radius 3 is 2.91 bits per heavy atom. The van der Waals surface area contributed by atoms with Crippen molar-refractivity contribution < 1.29 is 4.74 Å². The summed E-state index contributed by atoms with van der Waals surface area (Å²) < 4.78 is 6.34. The molecule has 1 aromatic rings. The lowest BCUT2D eigenvalue weighted by Gasteiger charge is -2.03. The van der Waals surface area contributed by atoms with E-state index in [1.54, 1.807) is 0 Å². The van der Waals surface area contributed by atoms with Gasteiger partial charge in [0.1, 0.15) is 0 Å². The Balaban J connectivity index is 2.39. The highest BCUT2D eigenvalue weighted by molar-refractivity contribution is 14.1. The summed E-state index contributed by atoms with van der Waals surface area (Å²) in [6, 6.07) is 1.88.